The molecule has 0 bridgehead atoms. The van der Waals surface area contributed by atoms with E-state index in [0.29, 0.717) is 40.5 Å². The third-order valence-corrected chi connectivity index (χ3v) is 15.3. The van der Waals surface area contributed by atoms with Crippen LogP contribution >= 0.6 is 53.9 Å². The first-order valence-corrected chi connectivity index (χ1v) is 33.0. The lowest BCUT2D eigenvalue weighted by atomic mass is 9.92. The third kappa shape index (κ3) is 22.6. The van der Waals surface area contributed by atoms with Gasteiger partial charge in [-0.1, -0.05) is 55.1 Å². The number of carbonyl (C=O) groups is 5. The molecule has 0 fully saturated rings. The maximum Gasteiger partial charge on any atom is 0.339 e. The molecule has 1 unspecified atom stereocenters. The second-order valence-corrected chi connectivity index (χ2v) is 26.3. The molecule has 508 valence electrons. The normalized spacial score (nSPS) is 14.3. The van der Waals surface area contributed by atoms with Gasteiger partial charge in [-0.15, -0.1) is 6.42 Å². The van der Waals surface area contributed by atoms with Gasteiger partial charge in [0, 0.05) is 63.4 Å². The largest absolute Gasteiger partial charge is 0.489 e. The van der Waals surface area contributed by atoms with Gasteiger partial charge in [-0.05, 0) is 75.0 Å². The summed E-state index contributed by atoms with van der Waals surface area (Å²) in [5, 5.41) is 17.8. The van der Waals surface area contributed by atoms with Crippen LogP contribution in [0.25, 0.3) is 0 Å². The molecule has 6 aromatic rings. The maximum atomic E-state index is 14.5. The average molecular weight is 1430 g/mol. The quantitative estimate of drug-likeness (QED) is 0.0316. The first-order chi connectivity index (χ1) is 44.2. The highest BCUT2D eigenvalue weighted by Gasteiger charge is 2.34. The highest BCUT2D eigenvalue weighted by Crippen LogP contribution is 2.38. The molecule has 0 saturated carbocycles. The Bertz CT molecular complexity index is 3950. The van der Waals surface area contributed by atoms with Gasteiger partial charge in [0.2, 0.25) is 39.7 Å². The van der Waals surface area contributed by atoms with Gasteiger partial charge in [0.25, 0.3) is 27.7 Å². The number of alkyl halides is 2. The highest BCUT2D eigenvalue weighted by atomic mass is 35.5. The fourth-order valence-electron chi connectivity index (χ4n) is 8.18. The van der Waals surface area contributed by atoms with E-state index < -0.39 is 64.0 Å². The highest BCUT2D eigenvalue weighted by molar-refractivity contribution is 7.90. The molecule has 32 nitrogen and oxygen atoms in total. The summed E-state index contributed by atoms with van der Waals surface area (Å²) in [6, 6.07) is 13.2. The summed E-state index contributed by atoms with van der Waals surface area (Å²) in [7, 11) is -2.94. The molecule has 0 radical (unpaired) electrons. The van der Waals surface area contributed by atoms with E-state index in [1.807, 2.05) is 56.5 Å². The summed E-state index contributed by atoms with van der Waals surface area (Å²) in [4.78, 5) is 106. The Kier molecular flexibility index (Phi) is 28.0. The van der Waals surface area contributed by atoms with E-state index in [4.69, 9.17) is 75.1 Å². The van der Waals surface area contributed by atoms with E-state index >= 15 is 0 Å². The first-order valence-electron chi connectivity index (χ1n) is 27.7. The molecular formula is C55H68Cl3FN17O15PS2. The number of urea groups is 1. The number of rotatable bonds is 17. The summed E-state index contributed by atoms with van der Waals surface area (Å²) >= 11 is 18.2. The molecule has 1 atom stereocenters. The number of aromatic nitrogens is 8. The van der Waals surface area contributed by atoms with Crippen molar-refractivity contribution < 1.29 is 75.2 Å². The van der Waals surface area contributed by atoms with Gasteiger partial charge in [-0.25, -0.2) is 23.9 Å². The van der Waals surface area contributed by atoms with Gasteiger partial charge in [0.05, 0.1) is 62.6 Å². The van der Waals surface area contributed by atoms with E-state index in [1.54, 1.807) is 9.62 Å². The van der Waals surface area contributed by atoms with Crippen molar-refractivity contribution in [1.29, 1.82) is 0 Å². The number of para-hydroxylation sites is 2. The van der Waals surface area contributed by atoms with Gasteiger partial charge in [-0.2, -0.15) is 37.7 Å². The third-order valence-electron chi connectivity index (χ3n) is 12.1. The van der Waals surface area contributed by atoms with E-state index in [-0.39, 0.29) is 76.7 Å². The van der Waals surface area contributed by atoms with Crippen LogP contribution in [0.4, 0.5) is 44.1 Å². The molecule has 3 aliphatic heterocycles. The van der Waals surface area contributed by atoms with Crippen LogP contribution in [0.2, 0.25) is 5.28 Å². The molecule has 7 heterocycles. The van der Waals surface area contributed by atoms with E-state index in [2.05, 4.69) is 80.3 Å². The summed E-state index contributed by atoms with van der Waals surface area (Å²) in [5.41, 5.74) is 1.21. The number of hydrogen-bond acceptors (Lipinski definition) is 24. The molecule has 2 aromatic carbocycles. The van der Waals surface area contributed by atoms with Crippen molar-refractivity contribution in [3.63, 3.8) is 0 Å². The van der Waals surface area contributed by atoms with Crippen LogP contribution in [0.5, 0.6) is 23.3 Å². The molecule has 5 amide bonds. The second kappa shape index (κ2) is 34.5. The Hall–Kier alpha value is -8.59. The lowest BCUT2D eigenvalue weighted by Gasteiger charge is -2.35. The minimum absolute atomic E-state index is 0.0672. The number of sulfonamides is 1. The summed E-state index contributed by atoms with van der Waals surface area (Å²) < 4.78 is 78.6. The SMILES string of the molecule is C#CCN1C(=O)COc2cc(F)c(N=c3snc4n3CC(C)(C)C4)cc21.CC1COc2ccccc2N1C(=O)C(Cl)Cl.CCNc1nc(Cl)nc(NC(C)C)n1.COc1cc(OC)nc(NC(=O)NS(=O)(=O)c2ncccc2C(=O)N(C)C)n1.O=C(O)CNCP(=O)(O)O. The van der Waals surface area contributed by atoms with Crippen LogP contribution in [0.1, 0.15) is 57.7 Å². The maximum absolute atomic E-state index is 14.5. The van der Waals surface area contributed by atoms with Crippen LogP contribution in [-0.4, -0.2) is 181 Å². The Morgan fingerprint density at radius 3 is 2.26 bits per heavy atom. The molecule has 4 aromatic heterocycles. The van der Waals surface area contributed by atoms with Crippen molar-refractivity contribution in [2.75, 3.05) is 93.2 Å². The van der Waals surface area contributed by atoms with Gasteiger partial charge >= 0.3 is 19.6 Å². The number of nitrogens with zero attached hydrogens (tertiary/aromatic N) is 12. The van der Waals surface area contributed by atoms with Crippen LogP contribution in [0, 0.1) is 23.6 Å². The zero-order valence-electron chi connectivity index (χ0n) is 52.1. The minimum atomic E-state index is -4.46. The van der Waals surface area contributed by atoms with E-state index in [9.17, 15) is 41.3 Å². The molecule has 8 N–H and O–H groups in total. The molecule has 3 aliphatic rings. The lowest BCUT2D eigenvalue weighted by molar-refractivity contribution is -0.136. The molecule has 0 aliphatic carbocycles. The molecule has 94 heavy (non-hydrogen) atoms. The number of aliphatic carboxylic acids is 1. The van der Waals surface area contributed by atoms with Gasteiger partial charge in [0.15, 0.2) is 22.3 Å². The zero-order valence-corrected chi connectivity index (χ0v) is 56.9. The Labute approximate surface area is 558 Å². The van der Waals surface area contributed by atoms with Crippen LogP contribution < -0.4 is 59.5 Å². The standard InChI is InChI=1S/C18H17FN4O2S.C15H18N6O6S.C11H11Cl2NO2.C8H14ClN5.C3H8NO5P/c1-4-5-22-13-7-12(11(19)6-14(13)25-9-16(22)24)20-17-23-10-18(2,3)8-15(23)21-26-17;1-21(2)13(22)9-6-5-7-16-12(9)28(24,25)20-15(23)19-14-17-10(26-3)8-11(18-14)27-4;1-7-6-16-9-5-3-2-4-8(9)14(7)11(15)10(12)13;1-4-10-7-12-6(9)13-8(14-7)11-5(2)3;5-3(6)1-4-2-10(7,8)9/h1,6-7H,5,8-10H2,2-3H3;5-8H,1-4H3,(H2,17,18,19,20,23);2-5,7,10H,6H2,1H3;5H,4H2,1-3H3,(H2,10,11,12,13,14);4H,1-2H2,(H,5,6)(H2,7,8,9). The number of carbonyl (C=O) groups excluding carboxylic acids is 4. The van der Waals surface area contributed by atoms with Crippen molar-refractivity contribution in [2.45, 2.75) is 76.5 Å². The fourth-order valence-corrected chi connectivity index (χ4v) is 10.7. The molecule has 0 saturated heterocycles. The van der Waals surface area contributed by atoms with Crippen molar-refractivity contribution >= 4 is 129 Å². The van der Waals surface area contributed by atoms with Gasteiger partial charge in [0.1, 0.15) is 29.6 Å². The Morgan fingerprint density at radius 1 is 0.979 bits per heavy atom. The van der Waals surface area contributed by atoms with Crippen LogP contribution in [-0.2, 0) is 41.9 Å². The molecular weight excluding hydrogens is 1360 g/mol. The number of fused-ring (bicyclic) bond motifs is 3. The number of carboxylic acids is 1. The second-order valence-electron chi connectivity index (χ2n) is 20.9. The van der Waals surface area contributed by atoms with E-state index in [0.717, 1.165) is 31.0 Å². The van der Waals surface area contributed by atoms with Gasteiger partial charge in [-0.3, -0.25) is 39.3 Å². The molecule has 9 rings (SSSR count). The zero-order chi connectivity index (χ0) is 69.8. The van der Waals surface area contributed by atoms with Crippen molar-refractivity contribution in [3.05, 3.63) is 88.1 Å². The number of pyridine rings is 1. The summed E-state index contributed by atoms with van der Waals surface area (Å²) in [6.45, 7) is 13.7. The number of ether oxygens (including phenoxy) is 4. The van der Waals surface area contributed by atoms with Crippen molar-refractivity contribution in [2.24, 2.45) is 10.4 Å². The molecule has 0 spiro atoms. The van der Waals surface area contributed by atoms with Crippen LogP contribution in [0.3, 0.4) is 0 Å². The number of carboxylic acid groups (broad SMARTS) is 1. The monoisotopic (exact) mass is 1430 g/mol. The van der Waals surface area contributed by atoms with E-state index in [1.165, 1.54) is 86.2 Å². The lowest BCUT2D eigenvalue weighted by Crippen LogP contribution is -2.47. The summed E-state index contributed by atoms with van der Waals surface area (Å²) in [5.74, 6) is 2.48. The number of terminal acetylenes is 1. The van der Waals surface area contributed by atoms with Gasteiger partial charge < -0.3 is 58.8 Å². The number of amides is 5. The average Bonchev–Trinajstić information content (AvgIpc) is 1.45. The fraction of sp³-hybridized carbons (Fsp3) is 0.400. The minimum Gasteiger partial charge on any atom is -0.489 e. The number of methoxy groups -OCH3 is 2. The van der Waals surface area contributed by atoms with Crippen molar-refractivity contribution in [1.82, 2.24) is 53.8 Å². The number of hydrogen-bond donors (Lipinski definition) is 8. The Balaban J connectivity index is 0.000000223. The molecule has 39 heteroatoms. The van der Waals surface area contributed by atoms with Crippen LogP contribution in [0.15, 0.2) is 70.8 Å². The number of benzene rings is 2. The smallest absolute Gasteiger partial charge is 0.339 e. The number of halogens is 4. The first kappa shape index (κ1) is 76.1. The summed E-state index contributed by atoms with van der Waals surface area (Å²) in [6.07, 6.45) is 6.81. The number of nitrogens with one attached hydrogen (secondary N) is 5. The topological polar surface area (TPSA) is 412 Å². The predicted molar refractivity (Wildman–Crippen MR) is 347 cm³/mol. The van der Waals surface area contributed by atoms with Crippen molar-refractivity contribution in [3.8, 4) is 35.6 Å². The Morgan fingerprint density at radius 2 is 1.65 bits per heavy atom. The number of anilines is 5. The predicted octanol–water partition coefficient (Wildman–Crippen LogP) is 5.54.